The van der Waals surface area contributed by atoms with Crippen molar-refractivity contribution in [3.8, 4) is 0 Å². The van der Waals surface area contributed by atoms with Crippen LogP contribution in [0.4, 0.5) is 0 Å². The summed E-state index contributed by atoms with van der Waals surface area (Å²) < 4.78 is 6.00. The van der Waals surface area contributed by atoms with E-state index < -0.39 is 17.7 Å². The molecule has 5 nitrogen and oxygen atoms in total. The molecule has 1 fully saturated rings. The average Bonchev–Trinajstić information content (AvgIpc) is 3.11. The van der Waals surface area contributed by atoms with E-state index in [4.69, 9.17) is 27.1 Å². The molecule has 2 heterocycles. The van der Waals surface area contributed by atoms with Gasteiger partial charge in [0.1, 0.15) is 0 Å². The Morgan fingerprint density at radius 1 is 1.24 bits per heavy atom. The van der Waals surface area contributed by atoms with Gasteiger partial charge in [0.15, 0.2) is 11.6 Å². The summed E-state index contributed by atoms with van der Waals surface area (Å²) in [6, 6.07) is 15.1. The van der Waals surface area contributed by atoms with Crippen LogP contribution in [0.2, 0.25) is 5.02 Å². The molecule has 3 N–H and O–H groups in total. The van der Waals surface area contributed by atoms with Crippen LogP contribution in [0.5, 0.6) is 0 Å². The second kappa shape index (κ2) is 7.01. The number of nitrogens with one attached hydrogen (secondary N) is 1. The number of hydrogen-bond acceptors (Lipinski definition) is 4. The number of carbonyl (C=O) groups is 1. The Morgan fingerprint density at radius 3 is 2.90 bits per heavy atom. The summed E-state index contributed by atoms with van der Waals surface area (Å²) in [4.78, 5) is 21.3. The number of halogens is 1. The number of ketones is 1. The second-order valence-electron chi connectivity index (χ2n) is 7.82. The third-order valence-electron chi connectivity index (χ3n) is 6.02. The zero-order chi connectivity index (χ0) is 20.0. The largest absolute Gasteiger partial charge is 0.468 e. The first-order chi connectivity index (χ1) is 14.1. The van der Waals surface area contributed by atoms with Crippen LogP contribution in [-0.4, -0.2) is 28.8 Å². The van der Waals surface area contributed by atoms with Gasteiger partial charge in [-0.1, -0.05) is 48.0 Å². The molecule has 1 aliphatic heterocycles. The molecule has 1 aliphatic carbocycles. The predicted octanol–water partition coefficient (Wildman–Crippen LogP) is 4.14. The van der Waals surface area contributed by atoms with Gasteiger partial charge in [0.2, 0.25) is 11.7 Å². The third kappa shape index (κ3) is 2.96. The number of nitrogens with zero attached hydrogens (tertiary/aromatic N) is 1. The molecule has 2 aromatic carbocycles. The molecule has 0 saturated heterocycles. The molecule has 1 aromatic heterocycles. The van der Waals surface area contributed by atoms with E-state index in [2.05, 4.69) is 11.1 Å². The molecule has 148 valence electrons. The van der Waals surface area contributed by atoms with Crippen molar-refractivity contribution < 1.29 is 9.53 Å². The fourth-order valence-corrected chi connectivity index (χ4v) is 4.86. The van der Waals surface area contributed by atoms with Crippen LogP contribution < -0.4 is 5.73 Å². The number of Topliss-reactive ketones (excluding diaryl/α,β-unsaturated/α-hetero) is 1. The van der Waals surface area contributed by atoms with Crippen molar-refractivity contribution in [2.45, 2.75) is 43.4 Å². The zero-order valence-electron chi connectivity index (χ0n) is 15.9. The van der Waals surface area contributed by atoms with E-state index in [1.807, 2.05) is 42.6 Å². The standard InChI is InChI=1S/C23H22ClN3O2/c24-17-8-3-2-7-16(17)23-11-5-10-20(21(23)28)29-22(27-23)18(25)12-14-13-26-19-9-4-1-6-15(14)19/h1-4,6-9,13,18,20,26H,5,10-12,25H2/t18-,20+,23+/m0/s1. The van der Waals surface area contributed by atoms with Crippen LogP contribution >= 0.6 is 11.6 Å². The van der Waals surface area contributed by atoms with Gasteiger partial charge in [-0.05, 0) is 43.4 Å². The van der Waals surface area contributed by atoms with E-state index in [1.165, 1.54) is 0 Å². The van der Waals surface area contributed by atoms with Gasteiger partial charge in [-0.25, -0.2) is 4.99 Å². The Balaban J connectivity index is 1.53. The molecular formula is C23H22ClN3O2. The molecule has 29 heavy (non-hydrogen) atoms. The molecule has 2 aliphatic rings. The molecular weight excluding hydrogens is 386 g/mol. The maximum absolute atomic E-state index is 13.2. The minimum absolute atomic E-state index is 0.0140. The number of benzene rings is 2. The molecule has 0 radical (unpaired) electrons. The SMILES string of the molecule is N[C@@H](Cc1c[nH]c2ccccc12)C1=N[C@@]2(c3ccccc3Cl)CCC[C@@H](O1)C2=O. The van der Waals surface area contributed by atoms with Crippen LogP contribution in [0.1, 0.15) is 30.4 Å². The number of carbonyl (C=O) groups excluding carboxylic acids is 1. The first-order valence-electron chi connectivity index (χ1n) is 9.95. The Hall–Kier alpha value is -2.63. The normalized spacial score (nSPS) is 24.8. The summed E-state index contributed by atoms with van der Waals surface area (Å²) in [5, 5.41) is 1.69. The Labute approximate surface area is 173 Å². The smallest absolute Gasteiger partial charge is 0.205 e. The summed E-state index contributed by atoms with van der Waals surface area (Å²) >= 11 is 6.47. The van der Waals surface area contributed by atoms with Gasteiger partial charge >= 0.3 is 0 Å². The number of nitrogens with two attached hydrogens (primary N) is 1. The van der Waals surface area contributed by atoms with Crippen molar-refractivity contribution in [1.82, 2.24) is 4.98 Å². The summed E-state index contributed by atoms with van der Waals surface area (Å²) in [5.41, 5.74) is 8.47. The minimum Gasteiger partial charge on any atom is -0.468 e. The van der Waals surface area contributed by atoms with Crippen molar-refractivity contribution >= 4 is 34.2 Å². The highest BCUT2D eigenvalue weighted by Gasteiger charge is 2.52. The quantitative estimate of drug-likeness (QED) is 0.682. The monoisotopic (exact) mass is 407 g/mol. The molecule has 0 amide bonds. The fraction of sp³-hybridized carbons (Fsp3) is 0.304. The first-order valence-corrected chi connectivity index (χ1v) is 10.3. The zero-order valence-corrected chi connectivity index (χ0v) is 16.7. The van der Waals surface area contributed by atoms with E-state index >= 15 is 0 Å². The molecule has 3 aromatic rings. The number of rotatable bonds is 4. The Morgan fingerprint density at radius 2 is 2.03 bits per heavy atom. The number of para-hydroxylation sites is 1. The first kappa shape index (κ1) is 18.4. The number of hydrogen-bond donors (Lipinski definition) is 2. The number of H-pyrrole nitrogens is 1. The number of aromatic nitrogens is 1. The Kier molecular flexibility index (Phi) is 4.45. The lowest BCUT2D eigenvalue weighted by molar-refractivity contribution is -0.137. The molecule has 5 rings (SSSR count). The van der Waals surface area contributed by atoms with E-state index in [0.29, 0.717) is 30.2 Å². The van der Waals surface area contributed by atoms with Gasteiger partial charge in [-0.15, -0.1) is 0 Å². The van der Waals surface area contributed by atoms with Gasteiger partial charge in [0, 0.05) is 27.7 Å². The lowest BCUT2D eigenvalue weighted by Gasteiger charge is -2.42. The Bertz CT molecular complexity index is 1120. The topological polar surface area (TPSA) is 80.5 Å². The van der Waals surface area contributed by atoms with Crippen LogP contribution in [0.15, 0.2) is 59.7 Å². The van der Waals surface area contributed by atoms with E-state index in [-0.39, 0.29) is 5.78 Å². The van der Waals surface area contributed by atoms with E-state index in [1.54, 1.807) is 6.07 Å². The summed E-state index contributed by atoms with van der Waals surface area (Å²) in [7, 11) is 0. The van der Waals surface area contributed by atoms with E-state index in [9.17, 15) is 4.79 Å². The molecule has 6 heteroatoms. The molecule has 2 bridgehead atoms. The van der Waals surface area contributed by atoms with Crippen molar-refractivity contribution in [2.75, 3.05) is 0 Å². The minimum atomic E-state index is -0.993. The average molecular weight is 408 g/mol. The highest BCUT2D eigenvalue weighted by atomic mass is 35.5. The highest BCUT2D eigenvalue weighted by molar-refractivity contribution is 6.32. The lowest BCUT2D eigenvalue weighted by atomic mass is 9.73. The lowest BCUT2D eigenvalue weighted by Crippen LogP contribution is -2.54. The summed E-state index contributed by atoms with van der Waals surface area (Å²) in [6.45, 7) is 0. The van der Waals surface area contributed by atoms with Crippen molar-refractivity contribution in [2.24, 2.45) is 10.7 Å². The summed E-state index contributed by atoms with van der Waals surface area (Å²) in [5.74, 6) is 0.430. The van der Waals surface area contributed by atoms with Gasteiger partial charge in [0.05, 0.1) is 6.04 Å². The number of ether oxygens (including phenoxy) is 1. The summed E-state index contributed by atoms with van der Waals surface area (Å²) in [6.07, 6.45) is 4.20. The van der Waals surface area contributed by atoms with E-state index in [0.717, 1.165) is 28.5 Å². The molecule has 1 saturated carbocycles. The van der Waals surface area contributed by atoms with Crippen LogP contribution in [0.3, 0.4) is 0 Å². The number of fused-ring (bicyclic) bond motifs is 3. The maximum atomic E-state index is 13.2. The van der Waals surface area contributed by atoms with Gasteiger partial charge in [-0.2, -0.15) is 0 Å². The van der Waals surface area contributed by atoms with Crippen LogP contribution in [-0.2, 0) is 21.5 Å². The maximum Gasteiger partial charge on any atom is 0.205 e. The number of aromatic amines is 1. The van der Waals surface area contributed by atoms with Crippen molar-refractivity contribution in [3.05, 3.63) is 70.9 Å². The van der Waals surface area contributed by atoms with Gasteiger partial charge < -0.3 is 15.5 Å². The molecule has 3 atom stereocenters. The highest BCUT2D eigenvalue weighted by Crippen LogP contribution is 2.44. The molecule has 0 unspecified atom stereocenters. The fourth-order valence-electron chi connectivity index (χ4n) is 4.57. The molecule has 0 spiro atoms. The van der Waals surface area contributed by atoms with Crippen molar-refractivity contribution in [3.63, 3.8) is 0 Å². The van der Waals surface area contributed by atoms with Gasteiger partial charge in [0.25, 0.3) is 0 Å². The predicted molar refractivity (Wildman–Crippen MR) is 114 cm³/mol. The second-order valence-corrected chi connectivity index (χ2v) is 8.23. The third-order valence-corrected chi connectivity index (χ3v) is 6.35. The number of aliphatic imine (C=N–C) groups is 1. The van der Waals surface area contributed by atoms with Gasteiger partial charge in [-0.3, -0.25) is 4.79 Å². The van der Waals surface area contributed by atoms with Crippen LogP contribution in [0, 0.1) is 0 Å². The van der Waals surface area contributed by atoms with Crippen LogP contribution in [0.25, 0.3) is 10.9 Å². The van der Waals surface area contributed by atoms with Crippen molar-refractivity contribution in [1.29, 1.82) is 0 Å².